The molecule has 9 heteroatoms. The van der Waals surface area contributed by atoms with E-state index < -0.39 is 17.9 Å². The van der Waals surface area contributed by atoms with Crippen molar-refractivity contribution >= 4 is 40.6 Å². The Morgan fingerprint density at radius 1 is 1.31 bits per heavy atom. The second kappa shape index (κ2) is 8.59. The van der Waals surface area contributed by atoms with Gasteiger partial charge in [-0.25, -0.2) is 9.18 Å². The fraction of sp³-hybridized carbons (Fsp3) is 0.250. The van der Waals surface area contributed by atoms with Crippen LogP contribution in [0.2, 0.25) is 5.02 Å². The number of nitrogens with one attached hydrogen (secondary N) is 2. The summed E-state index contributed by atoms with van der Waals surface area (Å²) in [6.07, 6.45) is 0. The number of nitrogens with zero attached hydrogens (tertiary/aromatic N) is 2. The zero-order valence-electron chi connectivity index (χ0n) is 15.9. The number of anilines is 2. The Morgan fingerprint density at radius 2 is 2.03 bits per heavy atom. The van der Waals surface area contributed by atoms with Gasteiger partial charge in [0, 0.05) is 24.7 Å². The molecule has 3 N–H and O–H groups in total. The lowest BCUT2D eigenvalue weighted by Gasteiger charge is -2.21. The second-order valence-electron chi connectivity index (χ2n) is 6.46. The third-order valence-electron chi connectivity index (χ3n) is 4.50. The van der Waals surface area contributed by atoms with Gasteiger partial charge in [0.2, 0.25) is 0 Å². The highest BCUT2D eigenvalue weighted by molar-refractivity contribution is 6.40. The fourth-order valence-electron chi connectivity index (χ4n) is 3.07. The predicted molar refractivity (Wildman–Crippen MR) is 110 cm³/mol. The molecule has 29 heavy (non-hydrogen) atoms. The Bertz CT molecular complexity index is 996. The molecule has 1 aliphatic rings. The monoisotopic (exact) mass is 418 g/mol. The van der Waals surface area contributed by atoms with Crippen molar-refractivity contribution in [3.8, 4) is 0 Å². The lowest BCUT2D eigenvalue weighted by Crippen LogP contribution is -2.33. The lowest BCUT2D eigenvalue weighted by molar-refractivity contribution is -0.119. The van der Waals surface area contributed by atoms with Gasteiger partial charge in [-0.15, -0.1) is 0 Å². The average Bonchev–Trinajstić information content (AvgIpc) is 2.79. The summed E-state index contributed by atoms with van der Waals surface area (Å²) >= 11 is 6.60. The van der Waals surface area contributed by atoms with Crippen molar-refractivity contribution in [3.63, 3.8) is 0 Å². The molecule has 152 valence electrons. The zero-order valence-corrected chi connectivity index (χ0v) is 16.6. The first-order chi connectivity index (χ1) is 13.8. The summed E-state index contributed by atoms with van der Waals surface area (Å²) in [6.45, 7) is 1.49. The summed E-state index contributed by atoms with van der Waals surface area (Å²) in [6, 6.07) is 7.96. The quantitative estimate of drug-likeness (QED) is 0.712. The molecular formula is C20H20ClFN4O3. The molecule has 0 aromatic heterocycles. The van der Waals surface area contributed by atoms with E-state index in [-0.39, 0.29) is 41.0 Å². The van der Waals surface area contributed by atoms with Crippen molar-refractivity contribution in [3.05, 3.63) is 58.4 Å². The van der Waals surface area contributed by atoms with Crippen LogP contribution in [0.5, 0.6) is 0 Å². The molecule has 0 radical (unpaired) electrons. The number of aliphatic hydroxyl groups excluding tert-OH is 1. The van der Waals surface area contributed by atoms with Crippen molar-refractivity contribution in [2.75, 3.05) is 30.4 Å². The Kier molecular flexibility index (Phi) is 6.14. The van der Waals surface area contributed by atoms with Crippen LogP contribution in [0.4, 0.5) is 20.6 Å². The van der Waals surface area contributed by atoms with Gasteiger partial charge in [0.1, 0.15) is 11.9 Å². The van der Waals surface area contributed by atoms with E-state index in [0.717, 1.165) is 0 Å². The number of benzene rings is 2. The number of rotatable bonds is 4. The van der Waals surface area contributed by atoms with E-state index in [2.05, 4.69) is 15.6 Å². The number of fused-ring (bicyclic) bond motifs is 1. The van der Waals surface area contributed by atoms with E-state index in [9.17, 15) is 14.0 Å². The molecule has 2 aromatic carbocycles. The van der Waals surface area contributed by atoms with Crippen LogP contribution >= 0.6 is 11.6 Å². The van der Waals surface area contributed by atoms with E-state index >= 15 is 0 Å². The van der Waals surface area contributed by atoms with Crippen LogP contribution in [0, 0.1) is 5.82 Å². The molecule has 0 bridgehead atoms. The molecule has 1 heterocycles. The number of aliphatic imine (C=N–C) groups is 1. The standard InChI is InChI=1S/C20H20ClFN4O3/c1-11-19(28)26(2)15-8-7-14(25-20(29)23-9-10-27)17(21)16(15)18(24-11)12-5-3-4-6-13(12)22/h3-8,11,27H,9-10H2,1-2H3,(H2,23,25,29)/t11-/m0/s1. The first-order valence-electron chi connectivity index (χ1n) is 8.94. The summed E-state index contributed by atoms with van der Waals surface area (Å²) in [5.41, 5.74) is 1.49. The number of aliphatic hydroxyl groups is 1. The van der Waals surface area contributed by atoms with Gasteiger partial charge in [0.15, 0.2) is 0 Å². The molecule has 3 rings (SSSR count). The number of urea groups is 1. The van der Waals surface area contributed by atoms with Gasteiger partial charge in [0.05, 0.1) is 28.7 Å². The number of carbonyl (C=O) groups excluding carboxylic acids is 2. The second-order valence-corrected chi connectivity index (χ2v) is 6.83. The van der Waals surface area contributed by atoms with Crippen LogP contribution in [-0.4, -0.2) is 49.0 Å². The molecule has 0 aliphatic carbocycles. The van der Waals surface area contributed by atoms with Crippen molar-refractivity contribution < 1.29 is 19.1 Å². The first-order valence-corrected chi connectivity index (χ1v) is 9.31. The Morgan fingerprint density at radius 3 is 2.72 bits per heavy atom. The molecule has 1 atom stereocenters. The number of likely N-dealkylation sites (N-methyl/N-ethyl adjacent to an activating group) is 1. The van der Waals surface area contributed by atoms with E-state index in [1.165, 1.54) is 11.0 Å². The summed E-state index contributed by atoms with van der Waals surface area (Å²) in [7, 11) is 1.59. The molecule has 3 amide bonds. The smallest absolute Gasteiger partial charge is 0.319 e. The maximum Gasteiger partial charge on any atom is 0.319 e. The molecular weight excluding hydrogens is 399 g/mol. The third kappa shape index (κ3) is 4.08. The SMILES string of the molecule is C[C@@H]1N=C(c2ccccc2F)c2c(ccc(NC(=O)NCCO)c2Cl)N(C)C1=O. The minimum atomic E-state index is -0.748. The molecule has 0 unspecified atom stereocenters. The molecule has 0 spiro atoms. The minimum absolute atomic E-state index is 0.0745. The Labute approximate surface area is 172 Å². The van der Waals surface area contributed by atoms with Crippen molar-refractivity contribution in [1.82, 2.24) is 5.32 Å². The van der Waals surface area contributed by atoms with Crippen LogP contribution in [0.15, 0.2) is 41.4 Å². The molecule has 2 aromatic rings. The summed E-state index contributed by atoms with van der Waals surface area (Å²) < 4.78 is 14.6. The topological polar surface area (TPSA) is 94.0 Å². The number of halogens is 2. The van der Waals surface area contributed by atoms with E-state index in [1.807, 2.05) is 0 Å². The van der Waals surface area contributed by atoms with Gasteiger partial charge >= 0.3 is 6.03 Å². The number of carbonyl (C=O) groups is 2. The molecule has 1 aliphatic heterocycles. The summed E-state index contributed by atoms with van der Waals surface area (Å²) in [5.74, 6) is -0.772. The van der Waals surface area contributed by atoms with Gasteiger partial charge in [0.25, 0.3) is 5.91 Å². The highest BCUT2D eigenvalue weighted by Gasteiger charge is 2.31. The number of hydrogen-bond acceptors (Lipinski definition) is 4. The Hall–Kier alpha value is -2.97. The summed E-state index contributed by atoms with van der Waals surface area (Å²) in [5, 5.41) is 14.0. The van der Waals surface area contributed by atoms with Crippen LogP contribution in [0.3, 0.4) is 0 Å². The van der Waals surface area contributed by atoms with Crippen LogP contribution < -0.4 is 15.5 Å². The van der Waals surface area contributed by atoms with Crippen LogP contribution in [0.25, 0.3) is 0 Å². The van der Waals surface area contributed by atoms with Gasteiger partial charge in [-0.05, 0) is 31.2 Å². The molecule has 7 nitrogen and oxygen atoms in total. The van der Waals surface area contributed by atoms with Crippen LogP contribution in [0.1, 0.15) is 18.1 Å². The van der Waals surface area contributed by atoms with Crippen molar-refractivity contribution in [2.24, 2.45) is 4.99 Å². The molecule has 0 saturated heterocycles. The minimum Gasteiger partial charge on any atom is -0.395 e. The van der Waals surface area contributed by atoms with Crippen molar-refractivity contribution in [1.29, 1.82) is 0 Å². The number of amides is 3. The third-order valence-corrected chi connectivity index (χ3v) is 4.90. The zero-order chi connectivity index (χ0) is 21.1. The maximum absolute atomic E-state index is 14.6. The van der Waals surface area contributed by atoms with Gasteiger partial charge in [-0.3, -0.25) is 9.79 Å². The van der Waals surface area contributed by atoms with Crippen molar-refractivity contribution in [2.45, 2.75) is 13.0 Å². The number of hydrogen-bond donors (Lipinski definition) is 3. The first kappa shape index (κ1) is 20.8. The van der Waals surface area contributed by atoms with Crippen LogP contribution in [-0.2, 0) is 4.79 Å². The highest BCUT2D eigenvalue weighted by atomic mass is 35.5. The fourth-order valence-corrected chi connectivity index (χ4v) is 3.37. The highest BCUT2D eigenvalue weighted by Crippen LogP contribution is 2.38. The van der Waals surface area contributed by atoms with E-state index in [1.54, 1.807) is 44.3 Å². The predicted octanol–water partition coefficient (Wildman–Crippen LogP) is 2.80. The Balaban J connectivity index is 2.17. The molecule has 0 saturated carbocycles. The van der Waals surface area contributed by atoms with Gasteiger partial charge in [-0.2, -0.15) is 0 Å². The molecule has 0 fully saturated rings. The van der Waals surface area contributed by atoms with Gasteiger partial charge < -0.3 is 20.6 Å². The largest absolute Gasteiger partial charge is 0.395 e. The normalized spacial score (nSPS) is 16.0. The van der Waals surface area contributed by atoms with E-state index in [0.29, 0.717) is 11.3 Å². The lowest BCUT2D eigenvalue weighted by atomic mass is 9.99. The average molecular weight is 419 g/mol. The van der Waals surface area contributed by atoms with E-state index in [4.69, 9.17) is 16.7 Å². The maximum atomic E-state index is 14.6. The van der Waals surface area contributed by atoms with Gasteiger partial charge in [-0.1, -0.05) is 23.7 Å². The number of benzodiazepines with no additional fused rings is 1. The summed E-state index contributed by atoms with van der Waals surface area (Å²) in [4.78, 5) is 30.5.